The molecule has 1 aromatic heterocycles. The SMILES string of the molecule is CCc1c(Oc2ccc(C)cc2)c(OC)nn1CC(N)=O. The molecule has 2 N–H and O–H groups in total. The second kappa shape index (κ2) is 6.30. The number of hydrogen-bond acceptors (Lipinski definition) is 4. The highest BCUT2D eigenvalue weighted by molar-refractivity contribution is 5.73. The van der Waals surface area contributed by atoms with Crippen molar-refractivity contribution in [3.8, 4) is 17.4 Å². The Kier molecular flexibility index (Phi) is 4.47. The van der Waals surface area contributed by atoms with Gasteiger partial charge in [-0.1, -0.05) is 24.6 Å². The van der Waals surface area contributed by atoms with Crippen molar-refractivity contribution >= 4 is 5.91 Å². The molecule has 1 aromatic carbocycles. The van der Waals surface area contributed by atoms with Crippen LogP contribution in [-0.4, -0.2) is 22.8 Å². The normalized spacial score (nSPS) is 10.4. The zero-order valence-corrected chi connectivity index (χ0v) is 12.4. The molecule has 0 saturated heterocycles. The van der Waals surface area contributed by atoms with Crippen LogP contribution in [0.15, 0.2) is 24.3 Å². The third-order valence-corrected chi connectivity index (χ3v) is 3.05. The van der Waals surface area contributed by atoms with Gasteiger partial charge >= 0.3 is 0 Å². The molecule has 2 rings (SSSR count). The highest BCUT2D eigenvalue weighted by Gasteiger charge is 2.20. The van der Waals surface area contributed by atoms with Gasteiger partial charge in [0.25, 0.3) is 5.88 Å². The molecule has 6 nitrogen and oxygen atoms in total. The van der Waals surface area contributed by atoms with Crippen LogP contribution in [0.25, 0.3) is 0 Å². The first kappa shape index (κ1) is 14.9. The summed E-state index contributed by atoms with van der Waals surface area (Å²) in [6.07, 6.45) is 0.644. The summed E-state index contributed by atoms with van der Waals surface area (Å²) < 4.78 is 12.6. The number of rotatable bonds is 6. The molecule has 112 valence electrons. The van der Waals surface area contributed by atoms with Crippen molar-refractivity contribution in [2.45, 2.75) is 26.8 Å². The van der Waals surface area contributed by atoms with Crippen molar-refractivity contribution in [2.75, 3.05) is 7.11 Å². The van der Waals surface area contributed by atoms with E-state index in [9.17, 15) is 4.79 Å². The highest BCUT2D eigenvalue weighted by atomic mass is 16.5. The number of aromatic nitrogens is 2. The summed E-state index contributed by atoms with van der Waals surface area (Å²) in [5, 5.41) is 4.22. The number of carbonyl (C=O) groups excluding carboxylic acids is 1. The number of ether oxygens (including phenoxy) is 2. The molecule has 1 amide bonds. The van der Waals surface area contributed by atoms with E-state index in [1.807, 2.05) is 38.1 Å². The number of aryl methyl sites for hydroxylation is 1. The number of primary amides is 1. The van der Waals surface area contributed by atoms with E-state index >= 15 is 0 Å². The van der Waals surface area contributed by atoms with E-state index in [2.05, 4.69) is 5.10 Å². The zero-order valence-electron chi connectivity index (χ0n) is 12.4. The second-order valence-electron chi connectivity index (χ2n) is 4.68. The van der Waals surface area contributed by atoms with E-state index in [-0.39, 0.29) is 6.54 Å². The number of carbonyl (C=O) groups is 1. The topological polar surface area (TPSA) is 79.4 Å². The van der Waals surface area contributed by atoms with Crippen LogP contribution in [-0.2, 0) is 17.8 Å². The van der Waals surface area contributed by atoms with Crippen molar-refractivity contribution in [1.82, 2.24) is 9.78 Å². The van der Waals surface area contributed by atoms with E-state index in [1.165, 1.54) is 11.8 Å². The maximum absolute atomic E-state index is 11.1. The van der Waals surface area contributed by atoms with E-state index in [4.69, 9.17) is 15.2 Å². The minimum Gasteiger partial charge on any atom is -0.477 e. The lowest BCUT2D eigenvalue weighted by Gasteiger charge is -2.08. The quantitative estimate of drug-likeness (QED) is 0.882. The van der Waals surface area contributed by atoms with Crippen molar-refractivity contribution in [2.24, 2.45) is 5.73 Å². The Morgan fingerprint density at radius 3 is 2.52 bits per heavy atom. The molecular formula is C15H19N3O3. The van der Waals surface area contributed by atoms with Crippen LogP contribution in [0.5, 0.6) is 17.4 Å². The van der Waals surface area contributed by atoms with Gasteiger partial charge in [0.1, 0.15) is 12.3 Å². The molecular weight excluding hydrogens is 270 g/mol. The molecule has 6 heteroatoms. The van der Waals surface area contributed by atoms with Crippen molar-refractivity contribution in [3.05, 3.63) is 35.5 Å². The minimum absolute atomic E-state index is 0.00318. The number of amides is 1. The third-order valence-electron chi connectivity index (χ3n) is 3.05. The van der Waals surface area contributed by atoms with Crippen LogP contribution >= 0.6 is 0 Å². The molecule has 0 spiro atoms. The van der Waals surface area contributed by atoms with Crippen LogP contribution in [0.4, 0.5) is 0 Å². The molecule has 0 radical (unpaired) electrons. The first-order valence-electron chi connectivity index (χ1n) is 6.71. The fraction of sp³-hybridized carbons (Fsp3) is 0.333. The van der Waals surface area contributed by atoms with Crippen molar-refractivity contribution < 1.29 is 14.3 Å². The molecule has 0 bridgehead atoms. The van der Waals surface area contributed by atoms with Gasteiger partial charge < -0.3 is 15.2 Å². The van der Waals surface area contributed by atoms with Crippen molar-refractivity contribution in [3.63, 3.8) is 0 Å². The lowest BCUT2D eigenvalue weighted by molar-refractivity contribution is -0.118. The summed E-state index contributed by atoms with van der Waals surface area (Å²) in [4.78, 5) is 11.1. The maximum Gasteiger partial charge on any atom is 0.276 e. The fourth-order valence-corrected chi connectivity index (χ4v) is 2.04. The minimum atomic E-state index is -0.461. The van der Waals surface area contributed by atoms with Gasteiger partial charge in [0, 0.05) is 0 Å². The van der Waals surface area contributed by atoms with Crippen molar-refractivity contribution in [1.29, 1.82) is 0 Å². The molecule has 0 aliphatic carbocycles. The molecule has 0 unspecified atom stereocenters. The van der Waals surface area contributed by atoms with E-state index in [0.717, 1.165) is 11.3 Å². The Hall–Kier alpha value is -2.50. The zero-order chi connectivity index (χ0) is 15.4. The van der Waals surface area contributed by atoms with Crippen LogP contribution in [0, 0.1) is 6.92 Å². The smallest absolute Gasteiger partial charge is 0.276 e. The first-order valence-corrected chi connectivity index (χ1v) is 6.71. The first-order chi connectivity index (χ1) is 10.0. The third kappa shape index (κ3) is 3.34. The number of nitrogens with two attached hydrogens (primary N) is 1. The van der Waals surface area contributed by atoms with Gasteiger partial charge in [-0.3, -0.25) is 9.48 Å². The summed E-state index contributed by atoms with van der Waals surface area (Å²) >= 11 is 0. The van der Waals surface area contributed by atoms with Gasteiger partial charge in [-0.25, -0.2) is 0 Å². The second-order valence-corrected chi connectivity index (χ2v) is 4.68. The van der Waals surface area contributed by atoms with Crippen LogP contribution in [0.1, 0.15) is 18.2 Å². The predicted molar refractivity (Wildman–Crippen MR) is 78.6 cm³/mol. The van der Waals surface area contributed by atoms with E-state index < -0.39 is 5.91 Å². The van der Waals surface area contributed by atoms with Crippen LogP contribution in [0.2, 0.25) is 0 Å². The average molecular weight is 289 g/mol. The van der Waals surface area contributed by atoms with Gasteiger partial charge in [0.15, 0.2) is 0 Å². The Labute approximate surface area is 123 Å². The van der Waals surface area contributed by atoms with Gasteiger partial charge in [-0.15, -0.1) is 5.10 Å². The lowest BCUT2D eigenvalue weighted by Crippen LogP contribution is -2.20. The molecule has 21 heavy (non-hydrogen) atoms. The maximum atomic E-state index is 11.1. The van der Waals surface area contributed by atoms with Crippen LogP contribution < -0.4 is 15.2 Å². The molecule has 2 aromatic rings. The molecule has 0 aliphatic heterocycles. The van der Waals surface area contributed by atoms with E-state index in [1.54, 1.807) is 0 Å². The highest BCUT2D eigenvalue weighted by Crippen LogP contribution is 2.35. The number of methoxy groups -OCH3 is 1. The summed E-state index contributed by atoms with van der Waals surface area (Å²) in [7, 11) is 1.51. The number of hydrogen-bond donors (Lipinski definition) is 1. The molecule has 1 heterocycles. The summed E-state index contributed by atoms with van der Waals surface area (Å²) in [6, 6.07) is 7.67. The van der Waals surface area contributed by atoms with Crippen LogP contribution in [0.3, 0.4) is 0 Å². The molecule has 0 saturated carbocycles. The van der Waals surface area contributed by atoms with Gasteiger partial charge in [0.2, 0.25) is 11.7 Å². The number of nitrogens with zero attached hydrogens (tertiary/aromatic N) is 2. The van der Waals surface area contributed by atoms with Gasteiger partial charge in [-0.2, -0.15) is 0 Å². The molecule has 0 aliphatic rings. The molecule has 0 atom stereocenters. The monoisotopic (exact) mass is 289 g/mol. The standard InChI is InChI=1S/C15H19N3O3/c1-4-12-14(21-11-7-5-10(2)6-8-11)15(20-3)17-18(12)9-13(16)19/h5-8H,4,9H2,1-3H3,(H2,16,19). The summed E-state index contributed by atoms with van der Waals surface area (Å²) in [6.45, 7) is 3.96. The van der Waals surface area contributed by atoms with Gasteiger partial charge in [-0.05, 0) is 25.5 Å². The Morgan fingerprint density at radius 1 is 1.33 bits per heavy atom. The number of benzene rings is 1. The summed E-state index contributed by atoms with van der Waals surface area (Å²) in [5.41, 5.74) is 7.15. The fourth-order valence-electron chi connectivity index (χ4n) is 2.04. The molecule has 0 fully saturated rings. The average Bonchev–Trinajstić information content (AvgIpc) is 2.77. The van der Waals surface area contributed by atoms with Gasteiger partial charge in [0.05, 0.1) is 12.8 Å². The Bertz CT molecular complexity index is 632. The predicted octanol–water partition coefficient (Wildman–Crippen LogP) is 2.04. The lowest BCUT2D eigenvalue weighted by atomic mass is 10.2. The summed E-state index contributed by atoms with van der Waals surface area (Å²) in [5.74, 6) is 1.09. The Morgan fingerprint density at radius 2 is 2.00 bits per heavy atom. The Balaban J connectivity index is 2.38. The van der Waals surface area contributed by atoms with E-state index in [0.29, 0.717) is 23.8 Å². The largest absolute Gasteiger partial charge is 0.477 e.